The summed E-state index contributed by atoms with van der Waals surface area (Å²) in [4.78, 5) is 0. The van der Waals surface area contributed by atoms with Crippen LogP contribution < -0.4 is 5.32 Å². The fourth-order valence-electron chi connectivity index (χ4n) is 2.07. The minimum atomic E-state index is 0.757. The van der Waals surface area contributed by atoms with Crippen LogP contribution in [-0.4, -0.2) is 20.2 Å². The van der Waals surface area contributed by atoms with Gasteiger partial charge in [0, 0.05) is 17.3 Å². The third-order valence-electron chi connectivity index (χ3n) is 3.27. The molecule has 3 rings (SSSR count). The van der Waals surface area contributed by atoms with Crippen LogP contribution in [0.3, 0.4) is 0 Å². The van der Waals surface area contributed by atoms with Crippen LogP contribution >= 0.6 is 11.6 Å². The number of nitrogens with one attached hydrogen (secondary N) is 1. The van der Waals surface area contributed by atoms with E-state index < -0.39 is 0 Å². The van der Waals surface area contributed by atoms with E-state index >= 15 is 0 Å². The van der Waals surface area contributed by atoms with Crippen molar-refractivity contribution in [1.29, 1.82) is 0 Å². The van der Waals surface area contributed by atoms with E-state index in [1.807, 2.05) is 42.5 Å². The first-order valence-electron chi connectivity index (χ1n) is 6.55. The molecule has 0 saturated heterocycles. The second-order valence-electron chi connectivity index (χ2n) is 4.73. The highest BCUT2D eigenvalue weighted by Crippen LogP contribution is 2.17. The molecule has 5 nitrogen and oxygen atoms in total. The van der Waals surface area contributed by atoms with Gasteiger partial charge in [-0.1, -0.05) is 17.7 Å². The van der Waals surface area contributed by atoms with Gasteiger partial charge in [0.2, 0.25) is 0 Å². The smallest absolute Gasteiger partial charge is 0.143 e. The molecule has 0 spiro atoms. The highest BCUT2D eigenvalue weighted by molar-refractivity contribution is 6.30. The summed E-state index contributed by atoms with van der Waals surface area (Å²) in [5.74, 6) is 0. The Hall–Kier alpha value is -2.40. The highest BCUT2D eigenvalue weighted by atomic mass is 35.5. The minimum absolute atomic E-state index is 0.757. The number of aryl methyl sites for hydroxylation is 1. The van der Waals surface area contributed by atoms with Gasteiger partial charge >= 0.3 is 0 Å². The topological polar surface area (TPSA) is 55.6 Å². The normalized spacial score (nSPS) is 10.6. The number of tetrazole rings is 1. The van der Waals surface area contributed by atoms with Crippen LogP contribution in [0.5, 0.6) is 0 Å². The molecular formula is C15H14ClN5. The average Bonchev–Trinajstić information content (AvgIpc) is 3.01. The quantitative estimate of drug-likeness (QED) is 0.803. The van der Waals surface area contributed by atoms with Crippen molar-refractivity contribution in [3.8, 4) is 5.69 Å². The molecule has 1 aromatic heterocycles. The summed E-state index contributed by atoms with van der Waals surface area (Å²) in [5, 5.41) is 15.2. The second kappa shape index (κ2) is 5.93. The fraction of sp³-hybridized carbons (Fsp3) is 0.133. The third-order valence-corrected chi connectivity index (χ3v) is 3.50. The molecule has 0 unspecified atom stereocenters. The first kappa shape index (κ1) is 13.6. The summed E-state index contributed by atoms with van der Waals surface area (Å²) >= 11 is 5.96. The summed E-state index contributed by atoms with van der Waals surface area (Å²) in [6.07, 6.45) is 1.57. The molecule has 21 heavy (non-hydrogen) atoms. The maximum atomic E-state index is 5.96. The van der Waals surface area contributed by atoms with Crippen molar-refractivity contribution >= 4 is 17.3 Å². The summed E-state index contributed by atoms with van der Waals surface area (Å²) in [5.41, 5.74) is 4.37. The number of rotatable bonds is 4. The van der Waals surface area contributed by atoms with Crippen LogP contribution in [-0.2, 0) is 6.54 Å². The predicted molar refractivity (Wildman–Crippen MR) is 82.7 cm³/mol. The molecule has 0 radical (unpaired) electrons. The van der Waals surface area contributed by atoms with Crippen molar-refractivity contribution in [1.82, 2.24) is 20.2 Å². The van der Waals surface area contributed by atoms with Gasteiger partial charge < -0.3 is 5.32 Å². The maximum absolute atomic E-state index is 5.96. The highest BCUT2D eigenvalue weighted by Gasteiger charge is 2.01. The van der Waals surface area contributed by atoms with E-state index in [-0.39, 0.29) is 0 Å². The van der Waals surface area contributed by atoms with Crippen LogP contribution in [0.15, 0.2) is 48.8 Å². The van der Waals surface area contributed by atoms with Gasteiger partial charge in [-0.05, 0) is 64.9 Å². The Labute approximate surface area is 127 Å². The molecule has 0 fully saturated rings. The number of nitrogens with zero attached hydrogens (tertiary/aromatic N) is 4. The van der Waals surface area contributed by atoms with Gasteiger partial charge in [0.1, 0.15) is 6.33 Å². The molecule has 1 N–H and O–H groups in total. The summed E-state index contributed by atoms with van der Waals surface area (Å²) in [6, 6.07) is 13.9. The van der Waals surface area contributed by atoms with Crippen molar-refractivity contribution in [3.05, 3.63) is 64.9 Å². The Morgan fingerprint density at radius 2 is 1.95 bits per heavy atom. The van der Waals surface area contributed by atoms with E-state index in [2.05, 4.69) is 27.8 Å². The third kappa shape index (κ3) is 3.20. The molecule has 0 bridgehead atoms. The van der Waals surface area contributed by atoms with Gasteiger partial charge in [-0.2, -0.15) is 0 Å². The van der Waals surface area contributed by atoms with Crippen LogP contribution in [0.1, 0.15) is 11.1 Å². The zero-order chi connectivity index (χ0) is 14.7. The Balaban J connectivity index is 1.68. The van der Waals surface area contributed by atoms with E-state index in [0.717, 1.165) is 22.9 Å². The van der Waals surface area contributed by atoms with Gasteiger partial charge in [0.15, 0.2) is 0 Å². The van der Waals surface area contributed by atoms with Crippen LogP contribution in [0.2, 0.25) is 5.02 Å². The van der Waals surface area contributed by atoms with E-state index in [0.29, 0.717) is 0 Å². The molecule has 6 heteroatoms. The van der Waals surface area contributed by atoms with E-state index in [9.17, 15) is 0 Å². The predicted octanol–water partition coefficient (Wildman–Crippen LogP) is 3.24. The molecule has 0 amide bonds. The molecule has 106 valence electrons. The van der Waals surface area contributed by atoms with E-state index in [4.69, 9.17) is 11.6 Å². The van der Waals surface area contributed by atoms with Gasteiger partial charge in [0.25, 0.3) is 0 Å². The van der Waals surface area contributed by atoms with Gasteiger partial charge in [-0.3, -0.25) is 0 Å². The van der Waals surface area contributed by atoms with Crippen LogP contribution in [0.25, 0.3) is 5.69 Å². The average molecular weight is 300 g/mol. The number of aromatic nitrogens is 4. The molecule has 1 heterocycles. The zero-order valence-corrected chi connectivity index (χ0v) is 12.2. The van der Waals surface area contributed by atoms with Crippen molar-refractivity contribution < 1.29 is 0 Å². The largest absolute Gasteiger partial charge is 0.381 e. The fourth-order valence-corrected chi connectivity index (χ4v) is 2.29. The second-order valence-corrected chi connectivity index (χ2v) is 5.16. The lowest BCUT2D eigenvalue weighted by atomic mass is 10.1. The molecular weight excluding hydrogens is 286 g/mol. The molecule has 0 aliphatic rings. The first-order chi connectivity index (χ1) is 10.2. The van der Waals surface area contributed by atoms with Crippen LogP contribution in [0, 0.1) is 6.92 Å². The van der Waals surface area contributed by atoms with E-state index in [1.165, 1.54) is 11.1 Å². The Morgan fingerprint density at radius 1 is 1.14 bits per heavy atom. The lowest BCUT2D eigenvalue weighted by Gasteiger charge is -2.10. The van der Waals surface area contributed by atoms with Gasteiger partial charge in [-0.25, -0.2) is 4.68 Å². The molecule has 3 aromatic rings. The Kier molecular flexibility index (Phi) is 3.83. The maximum Gasteiger partial charge on any atom is 0.143 e. The minimum Gasteiger partial charge on any atom is -0.381 e. The number of halogens is 1. The molecule has 0 aliphatic heterocycles. The Morgan fingerprint density at radius 3 is 2.62 bits per heavy atom. The molecule has 0 aliphatic carbocycles. The summed E-state index contributed by atoms with van der Waals surface area (Å²) < 4.78 is 1.62. The summed E-state index contributed by atoms with van der Waals surface area (Å²) in [7, 11) is 0. The number of benzene rings is 2. The first-order valence-corrected chi connectivity index (χ1v) is 6.92. The van der Waals surface area contributed by atoms with Crippen molar-refractivity contribution in [3.63, 3.8) is 0 Å². The molecule has 0 saturated carbocycles. The number of hydrogen-bond donors (Lipinski definition) is 1. The van der Waals surface area contributed by atoms with Crippen LogP contribution in [0.4, 0.5) is 5.69 Å². The van der Waals surface area contributed by atoms with Crippen molar-refractivity contribution in [2.24, 2.45) is 0 Å². The van der Waals surface area contributed by atoms with E-state index in [1.54, 1.807) is 11.0 Å². The van der Waals surface area contributed by atoms with Crippen molar-refractivity contribution in [2.45, 2.75) is 13.5 Å². The lowest BCUT2D eigenvalue weighted by molar-refractivity contribution is 0.789. The van der Waals surface area contributed by atoms with Gasteiger partial charge in [0.05, 0.1) is 5.69 Å². The Bertz CT molecular complexity index is 722. The zero-order valence-electron chi connectivity index (χ0n) is 11.5. The lowest BCUT2D eigenvalue weighted by Crippen LogP contribution is -2.02. The molecule has 2 aromatic carbocycles. The number of hydrogen-bond acceptors (Lipinski definition) is 4. The SMILES string of the molecule is Cc1cc(Cl)ccc1CNc1ccc(-n2cnnn2)cc1. The monoisotopic (exact) mass is 299 g/mol. The number of anilines is 1. The summed E-state index contributed by atoms with van der Waals surface area (Å²) in [6.45, 7) is 2.82. The molecule has 0 atom stereocenters. The van der Waals surface area contributed by atoms with Crippen molar-refractivity contribution in [2.75, 3.05) is 5.32 Å². The standard InChI is InChI=1S/C15H14ClN5/c1-11-8-13(16)3-2-12(11)9-17-14-4-6-15(7-5-14)21-10-18-19-20-21/h2-8,10,17H,9H2,1H3. The van der Waals surface area contributed by atoms with Gasteiger partial charge in [-0.15, -0.1) is 5.10 Å².